The summed E-state index contributed by atoms with van der Waals surface area (Å²) in [5, 5.41) is 2.31. The van der Waals surface area contributed by atoms with Crippen molar-refractivity contribution in [3.05, 3.63) is 52.8 Å². The largest absolute Gasteiger partial charge is 0.417 e. The van der Waals surface area contributed by atoms with Crippen LogP contribution >= 0.6 is 11.6 Å². The van der Waals surface area contributed by atoms with Crippen molar-refractivity contribution in [1.82, 2.24) is 20.3 Å². The number of aromatic nitrogens is 3. The van der Waals surface area contributed by atoms with Crippen molar-refractivity contribution in [3.63, 3.8) is 0 Å². The molecule has 3 heterocycles. The molecule has 2 aromatic rings. The molecule has 0 aromatic carbocycles. The highest BCUT2D eigenvalue weighted by molar-refractivity contribution is 6.33. The molecule has 1 saturated heterocycles. The van der Waals surface area contributed by atoms with Crippen LogP contribution in [0.4, 0.5) is 13.2 Å². The normalized spacial score (nSPS) is 20.5. The number of hydrogen-bond acceptors (Lipinski definition) is 5. The summed E-state index contributed by atoms with van der Waals surface area (Å²) in [6.07, 6.45) is -0.557. The summed E-state index contributed by atoms with van der Waals surface area (Å²) in [7, 11) is 0. The summed E-state index contributed by atoms with van der Waals surface area (Å²) in [6.45, 7) is 0.522. The number of halogens is 4. The van der Waals surface area contributed by atoms with Crippen LogP contribution in [0.1, 0.15) is 28.3 Å². The molecular formula is C15H12ClF3N4O2. The maximum atomic E-state index is 12.7. The number of rotatable bonds is 3. The Hall–Kier alpha value is -2.26. The average Bonchev–Trinajstić information content (AvgIpc) is 3.04. The summed E-state index contributed by atoms with van der Waals surface area (Å²) in [6, 6.07) is 2.30. The summed E-state index contributed by atoms with van der Waals surface area (Å²) in [5.74, 6) is -0.374. The Morgan fingerprint density at radius 1 is 1.28 bits per heavy atom. The molecule has 1 unspecified atom stereocenters. The maximum Gasteiger partial charge on any atom is 0.417 e. The number of carbonyl (C=O) groups excluding carboxylic acids is 1. The lowest BCUT2D eigenvalue weighted by Gasteiger charge is -2.27. The molecule has 1 fully saturated rings. The summed E-state index contributed by atoms with van der Waals surface area (Å²) < 4.78 is 43.4. The van der Waals surface area contributed by atoms with Crippen LogP contribution in [0.25, 0.3) is 0 Å². The molecule has 0 spiro atoms. The molecule has 0 bridgehead atoms. The highest BCUT2D eigenvalue weighted by Crippen LogP contribution is 2.32. The van der Waals surface area contributed by atoms with E-state index in [1.807, 2.05) is 0 Å². The fourth-order valence-corrected chi connectivity index (χ4v) is 2.73. The van der Waals surface area contributed by atoms with Crippen molar-refractivity contribution in [2.75, 3.05) is 13.2 Å². The van der Waals surface area contributed by atoms with Gasteiger partial charge in [-0.2, -0.15) is 13.2 Å². The number of carbonyl (C=O) groups is 1. The molecule has 1 aliphatic heterocycles. The molecule has 3 rings (SSSR count). The molecule has 25 heavy (non-hydrogen) atoms. The van der Waals surface area contributed by atoms with Gasteiger partial charge in [-0.3, -0.25) is 4.79 Å². The van der Waals surface area contributed by atoms with Crippen LogP contribution in [0.2, 0.25) is 5.02 Å². The van der Waals surface area contributed by atoms with Gasteiger partial charge in [0.1, 0.15) is 11.2 Å². The zero-order valence-corrected chi connectivity index (χ0v) is 13.4. The van der Waals surface area contributed by atoms with Crippen LogP contribution in [0, 0.1) is 0 Å². The zero-order chi connectivity index (χ0) is 18.1. The number of pyridine rings is 1. The standard InChI is InChI=1S/C15H12ClF3N4O2/c16-10-6-9(15(17,18)19)7-22-11(10)12(24)23-14(2-5-25-8-14)13-20-3-1-4-21-13/h1,3-4,6-7H,2,5,8H2,(H,23,24). The van der Waals surface area contributed by atoms with E-state index >= 15 is 0 Å². The second kappa shape index (κ2) is 6.57. The molecule has 0 aliphatic carbocycles. The third-order valence-corrected chi connectivity index (χ3v) is 4.04. The highest BCUT2D eigenvalue weighted by Gasteiger charge is 2.41. The van der Waals surface area contributed by atoms with E-state index in [-0.39, 0.29) is 12.3 Å². The second-order valence-corrected chi connectivity index (χ2v) is 5.87. The molecule has 6 nitrogen and oxygen atoms in total. The lowest BCUT2D eigenvalue weighted by Crippen LogP contribution is -2.48. The van der Waals surface area contributed by atoms with Gasteiger partial charge in [0.15, 0.2) is 5.82 Å². The van der Waals surface area contributed by atoms with Gasteiger partial charge in [-0.15, -0.1) is 0 Å². The Bertz CT molecular complexity index is 780. The van der Waals surface area contributed by atoms with Crippen molar-refractivity contribution in [2.45, 2.75) is 18.1 Å². The molecule has 1 aliphatic rings. The Morgan fingerprint density at radius 2 is 2.00 bits per heavy atom. The van der Waals surface area contributed by atoms with Gasteiger partial charge in [0.05, 0.1) is 17.2 Å². The van der Waals surface area contributed by atoms with Crippen LogP contribution in [0.3, 0.4) is 0 Å². The molecule has 2 aromatic heterocycles. The monoisotopic (exact) mass is 372 g/mol. The van der Waals surface area contributed by atoms with Crippen LogP contribution in [0.5, 0.6) is 0 Å². The van der Waals surface area contributed by atoms with Crippen molar-refractivity contribution in [2.24, 2.45) is 0 Å². The second-order valence-electron chi connectivity index (χ2n) is 5.46. The van der Waals surface area contributed by atoms with Gasteiger partial charge >= 0.3 is 6.18 Å². The first-order valence-corrected chi connectivity index (χ1v) is 7.60. The van der Waals surface area contributed by atoms with Crippen LogP contribution in [0.15, 0.2) is 30.7 Å². The molecule has 0 radical (unpaired) electrons. The number of nitrogens with one attached hydrogen (secondary N) is 1. The summed E-state index contributed by atoms with van der Waals surface area (Å²) >= 11 is 5.82. The minimum atomic E-state index is -4.59. The Balaban J connectivity index is 1.88. The Morgan fingerprint density at radius 3 is 2.56 bits per heavy atom. The number of alkyl halides is 3. The number of ether oxygens (including phenoxy) is 1. The fourth-order valence-electron chi connectivity index (χ4n) is 2.48. The predicted molar refractivity (Wildman–Crippen MR) is 80.9 cm³/mol. The Labute approximate surface area is 145 Å². The summed E-state index contributed by atoms with van der Waals surface area (Å²) in [4.78, 5) is 24.4. The smallest absolute Gasteiger partial charge is 0.378 e. The van der Waals surface area contributed by atoms with E-state index in [0.29, 0.717) is 31.1 Å². The first kappa shape index (κ1) is 17.6. The molecule has 1 atom stereocenters. The van der Waals surface area contributed by atoms with Crippen molar-refractivity contribution < 1.29 is 22.7 Å². The van der Waals surface area contributed by atoms with Crippen LogP contribution in [-0.4, -0.2) is 34.1 Å². The molecular weight excluding hydrogens is 361 g/mol. The van der Waals surface area contributed by atoms with E-state index in [1.54, 1.807) is 6.07 Å². The van der Waals surface area contributed by atoms with Gasteiger partial charge in [0.2, 0.25) is 0 Å². The minimum absolute atomic E-state index is 0.140. The van der Waals surface area contributed by atoms with Crippen molar-refractivity contribution >= 4 is 17.5 Å². The average molecular weight is 373 g/mol. The first-order chi connectivity index (χ1) is 11.8. The number of amides is 1. The Kier molecular flexibility index (Phi) is 4.61. The van der Waals surface area contributed by atoms with Crippen molar-refractivity contribution in [1.29, 1.82) is 0 Å². The number of hydrogen-bond donors (Lipinski definition) is 1. The zero-order valence-electron chi connectivity index (χ0n) is 12.7. The van der Waals surface area contributed by atoms with E-state index in [9.17, 15) is 18.0 Å². The van der Waals surface area contributed by atoms with E-state index in [4.69, 9.17) is 16.3 Å². The SMILES string of the molecule is O=C(NC1(c2ncccn2)CCOC1)c1ncc(C(F)(F)F)cc1Cl. The van der Waals surface area contributed by atoms with Crippen LogP contribution < -0.4 is 5.32 Å². The predicted octanol–water partition coefficient (Wildman–Crippen LogP) is 2.59. The van der Waals surface area contributed by atoms with E-state index in [0.717, 1.165) is 0 Å². The maximum absolute atomic E-state index is 12.7. The van der Waals surface area contributed by atoms with Gasteiger partial charge in [0.25, 0.3) is 5.91 Å². The third-order valence-electron chi connectivity index (χ3n) is 3.75. The van der Waals surface area contributed by atoms with E-state index in [2.05, 4.69) is 20.3 Å². The fraction of sp³-hybridized carbons (Fsp3) is 0.333. The van der Waals surface area contributed by atoms with Gasteiger partial charge in [0, 0.05) is 31.6 Å². The van der Waals surface area contributed by atoms with Gasteiger partial charge in [-0.25, -0.2) is 15.0 Å². The van der Waals surface area contributed by atoms with E-state index in [1.165, 1.54) is 12.4 Å². The lowest BCUT2D eigenvalue weighted by molar-refractivity contribution is -0.137. The van der Waals surface area contributed by atoms with E-state index < -0.39 is 28.2 Å². The van der Waals surface area contributed by atoms with Gasteiger partial charge in [-0.1, -0.05) is 11.6 Å². The molecule has 1 N–H and O–H groups in total. The molecule has 132 valence electrons. The first-order valence-electron chi connectivity index (χ1n) is 7.22. The van der Waals surface area contributed by atoms with Crippen molar-refractivity contribution in [3.8, 4) is 0 Å². The molecule has 10 heteroatoms. The van der Waals surface area contributed by atoms with Gasteiger partial charge in [-0.05, 0) is 12.1 Å². The molecule has 0 saturated carbocycles. The minimum Gasteiger partial charge on any atom is -0.378 e. The van der Waals surface area contributed by atoms with Gasteiger partial charge < -0.3 is 10.1 Å². The summed E-state index contributed by atoms with van der Waals surface area (Å²) in [5.41, 5.74) is -2.32. The van der Waals surface area contributed by atoms with Crippen LogP contribution in [-0.2, 0) is 16.5 Å². The number of nitrogens with zero attached hydrogens (tertiary/aromatic N) is 3. The molecule has 1 amide bonds. The quantitative estimate of drug-likeness (QED) is 0.896. The highest BCUT2D eigenvalue weighted by atomic mass is 35.5. The third kappa shape index (κ3) is 3.57. The topological polar surface area (TPSA) is 77.0 Å². The lowest BCUT2D eigenvalue weighted by atomic mass is 9.97.